The van der Waals surface area contributed by atoms with Crippen molar-refractivity contribution in [2.75, 3.05) is 19.8 Å². The molecular weight excluding hydrogens is 356 g/mol. The lowest BCUT2D eigenvalue weighted by atomic mass is 10.1. The topological polar surface area (TPSA) is 69.7 Å². The Morgan fingerprint density at radius 1 is 1.00 bits per heavy atom. The minimum Gasteiger partial charge on any atom is -0.490 e. The minimum absolute atomic E-state index is 0.193. The average Bonchev–Trinajstić information content (AvgIpc) is 3.54. The van der Waals surface area contributed by atoms with Crippen LogP contribution in [0.3, 0.4) is 0 Å². The van der Waals surface area contributed by atoms with E-state index >= 15 is 0 Å². The number of rotatable bonds is 10. The molecule has 0 atom stereocenters. The first-order valence-corrected chi connectivity index (χ1v) is 9.94. The maximum absolute atomic E-state index is 12.7. The van der Waals surface area contributed by atoms with Gasteiger partial charge in [-0.3, -0.25) is 9.78 Å². The number of nitrogens with one attached hydrogen (secondary N) is 1. The molecular formula is C22H28N2O4. The van der Waals surface area contributed by atoms with Crippen LogP contribution >= 0.6 is 0 Å². The zero-order chi connectivity index (χ0) is 19.9. The van der Waals surface area contributed by atoms with Gasteiger partial charge in [0.2, 0.25) is 5.75 Å². The van der Waals surface area contributed by atoms with Gasteiger partial charge in [-0.05, 0) is 62.8 Å². The van der Waals surface area contributed by atoms with Crippen LogP contribution in [0.1, 0.15) is 61.0 Å². The van der Waals surface area contributed by atoms with Gasteiger partial charge in [0.05, 0.1) is 19.8 Å². The second-order valence-corrected chi connectivity index (χ2v) is 6.68. The molecule has 1 aliphatic carbocycles. The van der Waals surface area contributed by atoms with E-state index in [9.17, 15) is 4.79 Å². The lowest BCUT2D eigenvalue weighted by Crippen LogP contribution is -2.23. The van der Waals surface area contributed by atoms with Crippen molar-refractivity contribution in [1.29, 1.82) is 0 Å². The van der Waals surface area contributed by atoms with Crippen LogP contribution in [0.15, 0.2) is 30.6 Å². The lowest BCUT2D eigenvalue weighted by Gasteiger charge is -2.17. The number of pyridine rings is 1. The van der Waals surface area contributed by atoms with Gasteiger partial charge >= 0.3 is 0 Å². The van der Waals surface area contributed by atoms with Crippen molar-refractivity contribution in [3.05, 3.63) is 47.3 Å². The first kappa shape index (κ1) is 20.0. The molecule has 6 nitrogen and oxygen atoms in total. The summed E-state index contributed by atoms with van der Waals surface area (Å²) in [5, 5.41) is 2.96. The highest BCUT2D eigenvalue weighted by atomic mass is 16.5. The number of hydrogen-bond donors (Lipinski definition) is 1. The SMILES string of the molecule is CCOc1cc(C(=O)NCc2cncc(C3CC3)c2)cc(OCC)c1OCC. The number of nitrogens with zero attached hydrogens (tertiary/aromatic N) is 1. The summed E-state index contributed by atoms with van der Waals surface area (Å²) in [6.45, 7) is 7.53. The maximum atomic E-state index is 12.7. The molecule has 6 heteroatoms. The fourth-order valence-corrected chi connectivity index (χ4v) is 3.05. The molecule has 1 saturated carbocycles. The number of carbonyl (C=O) groups excluding carboxylic acids is 1. The second kappa shape index (κ2) is 9.44. The summed E-state index contributed by atoms with van der Waals surface area (Å²) in [6.07, 6.45) is 6.16. The van der Waals surface area contributed by atoms with E-state index in [0.29, 0.717) is 55.1 Å². The summed E-state index contributed by atoms with van der Waals surface area (Å²) in [5.41, 5.74) is 2.73. The Morgan fingerprint density at radius 3 is 2.21 bits per heavy atom. The summed E-state index contributed by atoms with van der Waals surface area (Å²) >= 11 is 0. The molecule has 0 saturated heterocycles. The number of benzene rings is 1. The fraction of sp³-hybridized carbons (Fsp3) is 0.455. The molecule has 0 unspecified atom stereocenters. The van der Waals surface area contributed by atoms with Crippen molar-refractivity contribution in [2.24, 2.45) is 0 Å². The number of hydrogen-bond acceptors (Lipinski definition) is 5. The van der Waals surface area contributed by atoms with Crippen molar-refractivity contribution >= 4 is 5.91 Å². The summed E-state index contributed by atoms with van der Waals surface area (Å²) in [7, 11) is 0. The van der Waals surface area contributed by atoms with Gasteiger partial charge < -0.3 is 19.5 Å². The van der Waals surface area contributed by atoms with E-state index in [2.05, 4.69) is 16.4 Å². The van der Waals surface area contributed by atoms with Gasteiger partial charge in [-0.1, -0.05) is 6.07 Å². The molecule has 0 bridgehead atoms. The molecule has 1 aromatic heterocycles. The summed E-state index contributed by atoms with van der Waals surface area (Å²) < 4.78 is 17.1. The fourth-order valence-electron chi connectivity index (χ4n) is 3.05. The minimum atomic E-state index is -0.193. The van der Waals surface area contributed by atoms with Crippen LogP contribution in [0.2, 0.25) is 0 Å². The molecule has 0 spiro atoms. The lowest BCUT2D eigenvalue weighted by molar-refractivity contribution is 0.0949. The van der Waals surface area contributed by atoms with Crippen LogP contribution in [0.25, 0.3) is 0 Å². The van der Waals surface area contributed by atoms with Gasteiger partial charge in [-0.2, -0.15) is 0 Å². The number of carbonyl (C=O) groups is 1. The smallest absolute Gasteiger partial charge is 0.251 e. The van der Waals surface area contributed by atoms with E-state index in [1.54, 1.807) is 18.3 Å². The van der Waals surface area contributed by atoms with Crippen molar-refractivity contribution in [1.82, 2.24) is 10.3 Å². The van der Waals surface area contributed by atoms with Gasteiger partial charge in [0, 0.05) is 24.5 Å². The standard InChI is InChI=1S/C22H28N2O4/c1-4-26-19-10-17(11-20(27-5-2)21(19)28-6-3)22(25)24-13-15-9-18(14-23-12-15)16-7-8-16/h9-12,14,16H,4-8,13H2,1-3H3,(H,24,25). The largest absolute Gasteiger partial charge is 0.490 e. The van der Waals surface area contributed by atoms with Crippen LogP contribution in [0.5, 0.6) is 17.2 Å². The molecule has 150 valence electrons. The van der Waals surface area contributed by atoms with Gasteiger partial charge in [0.15, 0.2) is 11.5 Å². The summed E-state index contributed by atoms with van der Waals surface area (Å²) in [4.78, 5) is 17.0. The quantitative estimate of drug-likeness (QED) is 0.668. The van der Waals surface area contributed by atoms with E-state index in [0.717, 1.165) is 5.56 Å². The van der Waals surface area contributed by atoms with Crippen molar-refractivity contribution in [2.45, 2.75) is 46.1 Å². The number of aromatic nitrogens is 1. The number of ether oxygens (including phenoxy) is 3. The molecule has 2 aromatic rings. The highest BCUT2D eigenvalue weighted by Crippen LogP contribution is 2.40. The zero-order valence-corrected chi connectivity index (χ0v) is 16.8. The third kappa shape index (κ3) is 4.94. The Labute approximate surface area is 166 Å². The van der Waals surface area contributed by atoms with Gasteiger partial charge in [0.1, 0.15) is 0 Å². The first-order chi connectivity index (χ1) is 13.7. The molecule has 1 amide bonds. The average molecular weight is 384 g/mol. The van der Waals surface area contributed by atoms with Crippen molar-refractivity contribution in [3.63, 3.8) is 0 Å². The molecule has 1 N–H and O–H groups in total. The monoisotopic (exact) mass is 384 g/mol. The first-order valence-electron chi connectivity index (χ1n) is 9.94. The predicted octanol–water partition coefficient (Wildman–Crippen LogP) is 4.09. The van der Waals surface area contributed by atoms with Gasteiger partial charge in [-0.25, -0.2) is 0 Å². The molecule has 0 aliphatic heterocycles. The van der Waals surface area contributed by atoms with Gasteiger partial charge in [-0.15, -0.1) is 0 Å². The van der Waals surface area contributed by atoms with Crippen LogP contribution < -0.4 is 19.5 Å². The Morgan fingerprint density at radius 2 is 1.64 bits per heavy atom. The van der Waals surface area contributed by atoms with E-state index in [-0.39, 0.29) is 5.91 Å². The molecule has 1 aromatic carbocycles. The summed E-state index contributed by atoms with van der Waals surface area (Å²) in [6, 6.07) is 5.52. The molecule has 0 radical (unpaired) electrons. The Balaban J connectivity index is 1.77. The molecule has 1 heterocycles. The highest BCUT2D eigenvalue weighted by Gasteiger charge is 2.24. The molecule has 1 fully saturated rings. The normalized spacial score (nSPS) is 13.1. The Hall–Kier alpha value is -2.76. The van der Waals surface area contributed by atoms with E-state index in [1.165, 1.54) is 18.4 Å². The third-order valence-electron chi connectivity index (χ3n) is 4.49. The number of amides is 1. The van der Waals surface area contributed by atoms with Crippen LogP contribution in [-0.4, -0.2) is 30.7 Å². The van der Waals surface area contributed by atoms with Crippen molar-refractivity contribution < 1.29 is 19.0 Å². The predicted molar refractivity (Wildman–Crippen MR) is 107 cm³/mol. The van der Waals surface area contributed by atoms with E-state index in [1.807, 2.05) is 27.0 Å². The third-order valence-corrected chi connectivity index (χ3v) is 4.49. The van der Waals surface area contributed by atoms with Gasteiger partial charge in [0.25, 0.3) is 5.91 Å². The van der Waals surface area contributed by atoms with Crippen molar-refractivity contribution in [3.8, 4) is 17.2 Å². The van der Waals surface area contributed by atoms with E-state index < -0.39 is 0 Å². The Kier molecular flexibility index (Phi) is 6.74. The molecule has 1 aliphatic rings. The summed E-state index contributed by atoms with van der Waals surface area (Å²) in [5.74, 6) is 2.00. The maximum Gasteiger partial charge on any atom is 0.251 e. The van der Waals surface area contributed by atoms with Crippen LogP contribution in [0.4, 0.5) is 0 Å². The van der Waals surface area contributed by atoms with Crippen LogP contribution in [-0.2, 0) is 6.54 Å². The molecule has 28 heavy (non-hydrogen) atoms. The zero-order valence-electron chi connectivity index (χ0n) is 16.8. The second-order valence-electron chi connectivity index (χ2n) is 6.68. The Bertz CT molecular complexity index is 791. The highest BCUT2D eigenvalue weighted by molar-refractivity contribution is 5.95. The van der Waals surface area contributed by atoms with Crippen LogP contribution in [0, 0.1) is 0 Å². The molecule has 3 rings (SSSR count). The van der Waals surface area contributed by atoms with E-state index in [4.69, 9.17) is 14.2 Å².